The predicted molar refractivity (Wildman–Crippen MR) is 105 cm³/mol. The van der Waals surface area contributed by atoms with Gasteiger partial charge in [-0.3, -0.25) is 9.69 Å². The van der Waals surface area contributed by atoms with Gasteiger partial charge in [-0.25, -0.2) is 0 Å². The number of benzene rings is 1. The number of rotatable bonds is 5. The highest BCUT2D eigenvalue weighted by molar-refractivity contribution is 5.82. The smallest absolute Gasteiger partial charge is 0.223 e. The van der Waals surface area contributed by atoms with E-state index < -0.39 is 0 Å². The molecule has 4 rings (SSSR count). The van der Waals surface area contributed by atoms with Gasteiger partial charge in [0, 0.05) is 25.0 Å². The molecule has 3 fully saturated rings. The van der Waals surface area contributed by atoms with Crippen LogP contribution in [-0.2, 0) is 17.9 Å². The van der Waals surface area contributed by atoms with Gasteiger partial charge in [0.2, 0.25) is 5.91 Å². The zero-order valence-electron chi connectivity index (χ0n) is 16.1. The van der Waals surface area contributed by atoms with Crippen LogP contribution in [0.3, 0.4) is 0 Å². The van der Waals surface area contributed by atoms with E-state index in [2.05, 4.69) is 46.7 Å². The Kier molecular flexibility index (Phi) is 5.32. The number of amides is 1. The van der Waals surface area contributed by atoms with E-state index in [1.807, 2.05) is 0 Å². The van der Waals surface area contributed by atoms with E-state index in [9.17, 15) is 4.79 Å². The first-order valence-electron chi connectivity index (χ1n) is 10.5. The summed E-state index contributed by atoms with van der Waals surface area (Å²) in [7, 11) is 0. The van der Waals surface area contributed by atoms with Crippen molar-refractivity contribution in [2.75, 3.05) is 19.6 Å². The number of nitrogens with one attached hydrogen (secondary N) is 2. The number of nitrogens with zero attached hydrogens (tertiary/aromatic N) is 1. The summed E-state index contributed by atoms with van der Waals surface area (Å²) >= 11 is 0. The molecule has 0 bridgehead atoms. The van der Waals surface area contributed by atoms with Crippen LogP contribution in [-0.4, -0.2) is 36.5 Å². The molecular weight excluding hydrogens is 322 g/mol. The van der Waals surface area contributed by atoms with Crippen LogP contribution in [0.5, 0.6) is 0 Å². The lowest BCUT2D eigenvalue weighted by Gasteiger charge is -2.33. The van der Waals surface area contributed by atoms with Crippen LogP contribution in [0.25, 0.3) is 0 Å². The Hall–Kier alpha value is -1.39. The highest BCUT2D eigenvalue weighted by atomic mass is 16.2. The summed E-state index contributed by atoms with van der Waals surface area (Å²) in [5.74, 6) is 0.516. The molecule has 2 aliphatic heterocycles. The number of carbonyl (C=O) groups is 1. The van der Waals surface area contributed by atoms with Gasteiger partial charge in [0.15, 0.2) is 0 Å². The second-order valence-electron chi connectivity index (χ2n) is 8.72. The maximum Gasteiger partial charge on any atom is 0.223 e. The van der Waals surface area contributed by atoms with Crippen LogP contribution in [0, 0.1) is 11.3 Å². The lowest BCUT2D eigenvalue weighted by Crippen LogP contribution is -2.36. The SMILES string of the molecule is CC1CCCCN1Cc1ccc(CNC(=O)C2CC23CCNCC3)cc1. The van der Waals surface area contributed by atoms with Crippen molar-refractivity contribution >= 4 is 5.91 Å². The van der Waals surface area contributed by atoms with Crippen LogP contribution in [0.4, 0.5) is 0 Å². The Morgan fingerprint density at radius 1 is 1.19 bits per heavy atom. The van der Waals surface area contributed by atoms with Gasteiger partial charge in [0.25, 0.3) is 0 Å². The van der Waals surface area contributed by atoms with Crippen molar-refractivity contribution in [3.63, 3.8) is 0 Å². The summed E-state index contributed by atoms with van der Waals surface area (Å²) in [5.41, 5.74) is 2.91. The quantitative estimate of drug-likeness (QED) is 0.853. The molecule has 0 radical (unpaired) electrons. The summed E-state index contributed by atoms with van der Waals surface area (Å²) in [6.45, 7) is 7.41. The third-order valence-electron chi connectivity index (χ3n) is 6.92. The van der Waals surface area contributed by atoms with Crippen molar-refractivity contribution in [1.82, 2.24) is 15.5 Å². The Morgan fingerprint density at radius 3 is 2.65 bits per heavy atom. The fourth-order valence-corrected chi connectivity index (χ4v) is 4.90. The molecule has 1 saturated carbocycles. The van der Waals surface area contributed by atoms with E-state index in [1.54, 1.807) is 0 Å². The van der Waals surface area contributed by atoms with E-state index in [0.29, 0.717) is 18.0 Å². The number of carbonyl (C=O) groups excluding carboxylic acids is 1. The first-order chi connectivity index (χ1) is 12.7. The molecule has 2 saturated heterocycles. The number of piperidine rings is 2. The zero-order valence-corrected chi connectivity index (χ0v) is 16.1. The Bertz CT molecular complexity index is 621. The third-order valence-corrected chi connectivity index (χ3v) is 6.92. The average Bonchev–Trinajstić information content (AvgIpc) is 3.36. The number of hydrogen-bond donors (Lipinski definition) is 2. The summed E-state index contributed by atoms with van der Waals surface area (Å²) < 4.78 is 0. The number of likely N-dealkylation sites (tertiary alicyclic amines) is 1. The Balaban J connectivity index is 1.25. The van der Waals surface area contributed by atoms with Crippen LogP contribution < -0.4 is 10.6 Å². The second kappa shape index (κ2) is 7.69. The molecule has 1 amide bonds. The fourth-order valence-electron chi connectivity index (χ4n) is 4.90. The van der Waals surface area contributed by atoms with Crippen molar-refractivity contribution in [3.8, 4) is 0 Å². The van der Waals surface area contributed by atoms with Gasteiger partial charge in [0.1, 0.15) is 0 Å². The fraction of sp³-hybridized carbons (Fsp3) is 0.682. The predicted octanol–water partition coefficient (Wildman–Crippen LogP) is 3.07. The lowest BCUT2D eigenvalue weighted by atomic mass is 9.92. The number of hydrogen-bond acceptors (Lipinski definition) is 3. The van der Waals surface area contributed by atoms with Gasteiger partial charge >= 0.3 is 0 Å². The van der Waals surface area contributed by atoms with Crippen molar-refractivity contribution in [3.05, 3.63) is 35.4 Å². The van der Waals surface area contributed by atoms with Crippen molar-refractivity contribution in [1.29, 1.82) is 0 Å². The summed E-state index contributed by atoms with van der Waals surface area (Å²) in [6.07, 6.45) is 7.43. The minimum Gasteiger partial charge on any atom is -0.352 e. The molecule has 3 aliphatic rings. The first-order valence-corrected chi connectivity index (χ1v) is 10.5. The summed E-state index contributed by atoms with van der Waals surface area (Å²) in [6, 6.07) is 9.51. The van der Waals surface area contributed by atoms with Gasteiger partial charge < -0.3 is 10.6 Å². The molecule has 142 valence electrons. The van der Waals surface area contributed by atoms with E-state index >= 15 is 0 Å². The topological polar surface area (TPSA) is 44.4 Å². The molecule has 2 unspecified atom stereocenters. The van der Waals surface area contributed by atoms with Crippen LogP contribution in [0.15, 0.2) is 24.3 Å². The molecule has 1 aromatic rings. The van der Waals surface area contributed by atoms with Gasteiger partial charge in [-0.05, 0) is 75.2 Å². The molecule has 0 aromatic heterocycles. The maximum absolute atomic E-state index is 12.5. The Morgan fingerprint density at radius 2 is 1.92 bits per heavy atom. The monoisotopic (exact) mass is 355 g/mol. The average molecular weight is 356 g/mol. The van der Waals surface area contributed by atoms with Crippen LogP contribution >= 0.6 is 0 Å². The maximum atomic E-state index is 12.5. The molecule has 2 N–H and O–H groups in total. The van der Waals surface area contributed by atoms with E-state index in [1.165, 1.54) is 36.9 Å². The van der Waals surface area contributed by atoms with E-state index in [0.717, 1.165) is 38.9 Å². The molecule has 1 aromatic carbocycles. The van der Waals surface area contributed by atoms with Crippen molar-refractivity contribution < 1.29 is 4.79 Å². The standard InChI is InChI=1S/C22H33N3O/c1-17-4-2-3-13-25(17)16-19-7-5-18(6-8-19)15-24-21(26)20-14-22(20)9-11-23-12-10-22/h5-8,17,20,23H,2-4,9-16H2,1H3,(H,24,26). The zero-order chi connectivity index (χ0) is 18.0. The molecular formula is C22H33N3O. The minimum atomic E-state index is 0.254. The molecule has 1 spiro atoms. The van der Waals surface area contributed by atoms with Gasteiger partial charge in [-0.2, -0.15) is 0 Å². The highest BCUT2D eigenvalue weighted by Crippen LogP contribution is 2.58. The Labute approximate surface area is 157 Å². The third kappa shape index (κ3) is 3.96. The summed E-state index contributed by atoms with van der Waals surface area (Å²) in [5, 5.41) is 6.57. The largest absolute Gasteiger partial charge is 0.352 e. The van der Waals surface area contributed by atoms with Gasteiger partial charge in [-0.15, -0.1) is 0 Å². The normalized spacial score (nSPS) is 28.0. The molecule has 4 heteroatoms. The molecule has 2 atom stereocenters. The lowest BCUT2D eigenvalue weighted by molar-refractivity contribution is -0.123. The second-order valence-corrected chi connectivity index (χ2v) is 8.72. The van der Waals surface area contributed by atoms with Crippen LogP contribution in [0.2, 0.25) is 0 Å². The van der Waals surface area contributed by atoms with Crippen LogP contribution in [0.1, 0.15) is 56.6 Å². The van der Waals surface area contributed by atoms with E-state index in [4.69, 9.17) is 0 Å². The molecule has 26 heavy (non-hydrogen) atoms. The van der Waals surface area contributed by atoms with Crippen molar-refractivity contribution in [2.45, 2.75) is 64.6 Å². The molecule has 1 aliphatic carbocycles. The van der Waals surface area contributed by atoms with Crippen molar-refractivity contribution in [2.24, 2.45) is 11.3 Å². The highest BCUT2D eigenvalue weighted by Gasteiger charge is 2.57. The molecule has 2 heterocycles. The first kappa shape index (κ1) is 18.0. The van der Waals surface area contributed by atoms with Gasteiger partial charge in [-0.1, -0.05) is 30.7 Å². The van der Waals surface area contributed by atoms with E-state index in [-0.39, 0.29) is 11.8 Å². The summed E-state index contributed by atoms with van der Waals surface area (Å²) in [4.78, 5) is 15.1. The molecule has 4 nitrogen and oxygen atoms in total. The van der Waals surface area contributed by atoms with Gasteiger partial charge in [0.05, 0.1) is 0 Å². The minimum absolute atomic E-state index is 0.254.